The van der Waals surface area contributed by atoms with E-state index in [1.165, 1.54) is 0 Å². The maximum Gasteiger partial charge on any atom is 0.246 e. The van der Waals surface area contributed by atoms with Crippen molar-refractivity contribution in [3.63, 3.8) is 0 Å². The number of fused-ring (bicyclic) bond motifs is 1. The van der Waals surface area contributed by atoms with Crippen LogP contribution >= 0.6 is 23.2 Å². The second kappa shape index (κ2) is 10.0. The Morgan fingerprint density at radius 2 is 1.74 bits per heavy atom. The third-order valence-electron chi connectivity index (χ3n) is 8.29. The fourth-order valence-electron chi connectivity index (χ4n) is 6.53. The fourth-order valence-corrected chi connectivity index (χ4v) is 6.86. The first kappa shape index (κ1) is 25.4. The number of likely N-dealkylation sites (tertiary alicyclic amines) is 1. The molecule has 3 aliphatic heterocycles. The number of hydrogen-bond acceptors (Lipinski definition) is 4. The van der Waals surface area contributed by atoms with Gasteiger partial charge in [0.15, 0.2) is 0 Å². The summed E-state index contributed by atoms with van der Waals surface area (Å²) in [7, 11) is 0. The molecule has 0 radical (unpaired) electrons. The molecular weight excluding hydrogens is 525 g/mol. The van der Waals surface area contributed by atoms with Gasteiger partial charge in [0.2, 0.25) is 17.7 Å². The molecule has 0 unspecified atom stereocenters. The summed E-state index contributed by atoms with van der Waals surface area (Å²) >= 11 is 12.4. The highest BCUT2D eigenvalue weighted by molar-refractivity contribution is 6.31. The van der Waals surface area contributed by atoms with Gasteiger partial charge in [0.25, 0.3) is 0 Å². The summed E-state index contributed by atoms with van der Waals surface area (Å²) in [5.74, 6) is -2.45. The molecule has 2 saturated heterocycles. The molecule has 3 fully saturated rings. The van der Waals surface area contributed by atoms with Gasteiger partial charge in [0.05, 0.1) is 17.9 Å². The van der Waals surface area contributed by atoms with E-state index in [0.717, 1.165) is 37.7 Å². The van der Waals surface area contributed by atoms with Gasteiger partial charge in [0.1, 0.15) is 11.6 Å². The SMILES string of the molecule is O=C(Nc1ccc(Cl)cc1)[C@@H]1[C@H]2C=C[C@]3(O2)[C@H](C(=O)NC2CCCCC2)N(Cc2ccccc2Cl)C(=O)[C@@H]13. The smallest absolute Gasteiger partial charge is 0.246 e. The molecule has 3 amide bonds. The molecule has 3 heterocycles. The normalized spacial score (nSPS) is 29.9. The van der Waals surface area contributed by atoms with E-state index < -0.39 is 29.6 Å². The first-order chi connectivity index (χ1) is 18.4. The Hall–Kier alpha value is -2.87. The van der Waals surface area contributed by atoms with E-state index in [1.807, 2.05) is 30.4 Å². The van der Waals surface area contributed by atoms with Gasteiger partial charge in [0, 0.05) is 28.3 Å². The Morgan fingerprint density at radius 3 is 2.47 bits per heavy atom. The molecule has 38 heavy (non-hydrogen) atoms. The summed E-state index contributed by atoms with van der Waals surface area (Å²) in [5, 5.41) is 7.17. The number of nitrogens with zero attached hydrogens (tertiary/aromatic N) is 1. The Kier molecular flexibility index (Phi) is 6.70. The lowest BCUT2D eigenvalue weighted by molar-refractivity contribution is -0.142. The van der Waals surface area contributed by atoms with Crippen LogP contribution in [0, 0.1) is 11.8 Å². The molecule has 1 spiro atoms. The van der Waals surface area contributed by atoms with Crippen LogP contribution in [0.4, 0.5) is 5.69 Å². The molecule has 1 saturated carbocycles. The summed E-state index contributed by atoms with van der Waals surface area (Å²) in [5.41, 5.74) is 0.0873. The van der Waals surface area contributed by atoms with Gasteiger partial charge in [-0.25, -0.2) is 0 Å². The summed E-state index contributed by atoms with van der Waals surface area (Å²) in [6.07, 6.45) is 8.17. The highest BCUT2D eigenvalue weighted by Crippen LogP contribution is 2.55. The van der Waals surface area contributed by atoms with Gasteiger partial charge in [-0.3, -0.25) is 14.4 Å². The predicted molar refractivity (Wildman–Crippen MR) is 145 cm³/mol. The van der Waals surface area contributed by atoms with Crippen LogP contribution in [-0.4, -0.2) is 46.4 Å². The van der Waals surface area contributed by atoms with Gasteiger partial charge in [-0.1, -0.05) is 72.8 Å². The average Bonchev–Trinajstić information content (AvgIpc) is 3.55. The minimum Gasteiger partial charge on any atom is -0.359 e. The molecular formula is C29H29Cl2N3O4. The highest BCUT2D eigenvalue weighted by atomic mass is 35.5. The van der Waals surface area contributed by atoms with Crippen molar-refractivity contribution in [2.75, 3.05) is 5.32 Å². The van der Waals surface area contributed by atoms with Crippen molar-refractivity contribution in [1.82, 2.24) is 10.2 Å². The zero-order valence-electron chi connectivity index (χ0n) is 20.7. The lowest BCUT2D eigenvalue weighted by Crippen LogP contribution is -2.56. The minimum absolute atomic E-state index is 0.0653. The summed E-state index contributed by atoms with van der Waals surface area (Å²) < 4.78 is 6.42. The van der Waals surface area contributed by atoms with Crippen LogP contribution < -0.4 is 10.6 Å². The number of anilines is 1. The Bertz CT molecular complexity index is 1290. The third-order valence-corrected chi connectivity index (χ3v) is 8.91. The lowest BCUT2D eigenvalue weighted by atomic mass is 9.74. The van der Waals surface area contributed by atoms with Crippen LogP contribution in [0.5, 0.6) is 0 Å². The highest BCUT2D eigenvalue weighted by Gasteiger charge is 2.72. The standard InChI is InChI=1S/C29H29Cl2N3O4/c30-18-10-12-20(13-11-18)32-26(35)23-22-14-15-29(38-22)24(23)28(37)34(16-17-6-4-5-9-21(17)31)25(29)27(36)33-19-7-2-1-3-8-19/h4-6,9-15,19,22-25H,1-3,7-8,16H2,(H,32,35)(H,33,36)/t22-,23-,24-,25+,29-/m1/s1. The summed E-state index contributed by atoms with van der Waals surface area (Å²) in [6.45, 7) is 0.146. The second-order valence-corrected chi connectivity index (χ2v) is 11.4. The van der Waals surface area contributed by atoms with Crippen molar-refractivity contribution < 1.29 is 19.1 Å². The Balaban J connectivity index is 1.33. The predicted octanol–water partition coefficient (Wildman–Crippen LogP) is 4.73. The largest absolute Gasteiger partial charge is 0.359 e. The summed E-state index contributed by atoms with van der Waals surface area (Å²) in [6, 6.07) is 13.2. The molecule has 7 nitrogen and oxygen atoms in total. The van der Waals surface area contributed by atoms with Crippen LogP contribution in [0.2, 0.25) is 10.0 Å². The molecule has 0 aromatic heterocycles. The number of benzene rings is 2. The van der Waals surface area contributed by atoms with E-state index in [1.54, 1.807) is 35.2 Å². The van der Waals surface area contributed by atoms with Gasteiger partial charge in [-0.2, -0.15) is 0 Å². The first-order valence-corrected chi connectivity index (χ1v) is 13.9. The van der Waals surface area contributed by atoms with Gasteiger partial charge < -0.3 is 20.3 Å². The molecule has 2 aromatic rings. The van der Waals surface area contributed by atoms with Gasteiger partial charge in [-0.15, -0.1) is 0 Å². The molecule has 2 aromatic carbocycles. The topological polar surface area (TPSA) is 87.7 Å². The van der Waals surface area contributed by atoms with Crippen molar-refractivity contribution in [2.45, 2.75) is 62.4 Å². The van der Waals surface area contributed by atoms with Crippen LogP contribution in [-0.2, 0) is 25.7 Å². The number of carbonyl (C=O) groups is 3. The molecule has 198 valence electrons. The van der Waals surface area contributed by atoms with Crippen LogP contribution in [0.3, 0.4) is 0 Å². The van der Waals surface area contributed by atoms with E-state index in [-0.39, 0.29) is 30.3 Å². The molecule has 6 rings (SSSR count). The molecule has 9 heteroatoms. The number of halogens is 2. The lowest BCUT2D eigenvalue weighted by Gasteiger charge is -2.34. The number of amides is 3. The third kappa shape index (κ3) is 4.31. The monoisotopic (exact) mass is 553 g/mol. The molecule has 2 bridgehead atoms. The quantitative estimate of drug-likeness (QED) is 0.506. The van der Waals surface area contributed by atoms with E-state index >= 15 is 0 Å². The number of ether oxygens (including phenoxy) is 1. The number of carbonyl (C=O) groups excluding carboxylic acids is 3. The molecule has 4 aliphatic rings. The van der Waals surface area contributed by atoms with E-state index in [2.05, 4.69) is 10.6 Å². The Morgan fingerprint density at radius 1 is 1.00 bits per heavy atom. The molecule has 5 atom stereocenters. The maximum atomic E-state index is 14.1. The van der Waals surface area contributed by atoms with Crippen LogP contribution in [0.1, 0.15) is 37.7 Å². The maximum absolute atomic E-state index is 14.1. The average molecular weight is 554 g/mol. The molecule has 2 N–H and O–H groups in total. The minimum atomic E-state index is -1.22. The van der Waals surface area contributed by atoms with E-state index in [4.69, 9.17) is 27.9 Å². The van der Waals surface area contributed by atoms with Gasteiger partial charge in [-0.05, 0) is 48.7 Å². The van der Waals surface area contributed by atoms with Gasteiger partial charge >= 0.3 is 0 Å². The van der Waals surface area contributed by atoms with E-state index in [9.17, 15) is 14.4 Å². The van der Waals surface area contributed by atoms with Crippen LogP contribution in [0.25, 0.3) is 0 Å². The van der Waals surface area contributed by atoms with Crippen molar-refractivity contribution in [2.24, 2.45) is 11.8 Å². The van der Waals surface area contributed by atoms with Crippen molar-refractivity contribution >= 4 is 46.6 Å². The number of rotatable bonds is 6. The zero-order valence-corrected chi connectivity index (χ0v) is 22.3. The van der Waals surface area contributed by atoms with Crippen molar-refractivity contribution in [1.29, 1.82) is 0 Å². The zero-order chi connectivity index (χ0) is 26.4. The summed E-state index contributed by atoms with van der Waals surface area (Å²) in [4.78, 5) is 43.1. The van der Waals surface area contributed by atoms with Crippen molar-refractivity contribution in [3.8, 4) is 0 Å². The Labute approximate surface area is 231 Å². The van der Waals surface area contributed by atoms with Crippen molar-refractivity contribution in [3.05, 3.63) is 76.3 Å². The number of nitrogens with one attached hydrogen (secondary N) is 2. The van der Waals surface area contributed by atoms with E-state index in [0.29, 0.717) is 15.7 Å². The molecule has 1 aliphatic carbocycles. The first-order valence-electron chi connectivity index (χ1n) is 13.2. The van der Waals surface area contributed by atoms with Crippen LogP contribution in [0.15, 0.2) is 60.7 Å². The fraction of sp³-hybridized carbons (Fsp3) is 0.414. The second-order valence-electron chi connectivity index (χ2n) is 10.6. The number of hydrogen-bond donors (Lipinski definition) is 2.